The highest BCUT2D eigenvalue weighted by molar-refractivity contribution is 5.89. The summed E-state index contributed by atoms with van der Waals surface area (Å²) < 4.78 is 0. The number of carboxylic acids is 1. The molecule has 0 aromatic rings. The Morgan fingerprint density at radius 3 is 2.33 bits per heavy atom. The van der Waals surface area contributed by atoms with Gasteiger partial charge in [0, 0.05) is 13.1 Å². The molecule has 1 saturated heterocycles. The number of aliphatic carboxylic acids is 1. The first-order chi connectivity index (χ1) is 7.05. The molecular weight excluding hydrogens is 194 g/mol. The fraction of sp³-hybridized carbons (Fsp3) is 0.818. The molecule has 2 unspecified atom stereocenters. The Morgan fingerprint density at radius 2 is 1.93 bits per heavy atom. The van der Waals surface area contributed by atoms with Crippen LogP contribution in [0.5, 0.6) is 0 Å². The lowest BCUT2D eigenvalue weighted by atomic mass is 9.60. The first kappa shape index (κ1) is 10.5. The van der Waals surface area contributed by atoms with Crippen LogP contribution < -0.4 is 0 Å². The Hall–Kier alpha value is -1.06. The van der Waals surface area contributed by atoms with E-state index in [1.807, 2.05) is 4.90 Å². The number of carbonyl (C=O) groups is 2. The first-order valence-corrected chi connectivity index (χ1v) is 5.58. The van der Waals surface area contributed by atoms with Gasteiger partial charge in [-0.2, -0.15) is 0 Å². The quantitative estimate of drug-likeness (QED) is 0.744. The number of nitrogens with zero attached hydrogens (tertiary/aromatic N) is 1. The van der Waals surface area contributed by atoms with Crippen LogP contribution in [0.4, 0.5) is 0 Å². The second-order valence-corrected chi connectivity index (χ2v) is 4.85. The molecule has 1 saturated carbocycles. The molecule has 0 bridgehead atoms. The lowest BCUT2D eigenvalue weighted by Crippen LogP contribution is -2.52. The van der Waals surface area contributed by atoms with E-state index < -0.39 is 11.4 Å². The lowest BCUT2D eigenvalue weighted by molar-refractivity contribution is -0.167. The average Bonchev–Trinajstić information content (AvgIpc) is 2.67. The van der Waals surface area contributed by atoms with E-state index in [1.165, 1.54) is 0 Å². The molecule has 0 aromatic carbocycles. The van der Waals surface area contributed by atoms with Crippen molar-refractivity contribution in [1.29, 1.82) is 0 Å². The number of rotatable bonds is 2. The van der Waals surface area contributed by atoms with E-state index >= 15 is 0 Å². The third-order valence-corrected chi connectivity index (χ3v) is 3.93. The van der Waals surface area contributed by atoms with Gasteiger partial charge in [-0.05, 0) is 32.6 Å². The van der Waals surface area contributed by atoms with Crippen molar-refractivity contribution in [1.82, 2.24) is 4.90 Å². The van der Waals surface area contributed by atoms with Crippen molar-refractivity contribution in [2.45, 2.75) is 32.6 Å². The molecule has 0 spiro atoms. The predicted octanol–water partition coefficient (Wildman–Crippen LogP) is 1.11. The zero-order chi connectivity index (χ0) is 11.1. The minimum atomic E-state index is -0.828. The molecular formula is C11H17NO3. The maximum atomic E-state index is 12.0. The Labute approximate surface area is 89.3 Å². The van der Waals surface area contributed by atoms with E-state index in [0.717, 1.165) is 32.4 Å². The van der Waals surface area contributed by atoms with Crippen LogP contribution >= 0.6 is 0 Å². The molecule has 2 rings (SSSR count). The average molecular weight is 211 g/mol. The van der Waals surface area contributed by atoms with Gasteiger partial charge in [0.1, 0.15) is 0 Å². The predicted molar refractivity (Wildman–Crippen MR) is 54.3 cm³/mol. The van der Waals surface area contributed by atoms with Crippen LogP contribution in [0.1, 0.15) is 32.6 Å². The van der Waals surface area contributed by atoms with Crippen molar-refractivity contribution in [2.75, 3.05) is 13.1 Å². The highest BCUT2D eigenvalue weighted by Crippen LogP contribution is 2.47. The van der Waals surface area contributed by atoms with Gasteiger partial charge in [0.05, 0.1) is 11.3 Å². The topological polar surface area (TPSA) is 57.6 Å². The zero-order valence-corrected chi connectivity index (χ0v) is 9.03. The summed E-state index contributed by atoms with van der Waals surface area (Å²) in [6.07, 6.45) is 3.48. The number of hydrogen-bond donors (Lipinski definition) is 1. The normalized spacial score (nSPS) is 35.0. The van der Waals surface area contributed by atoms with Gasteiger partial charge in [0.15, 0.2) is 0 Å². The molecule has 0 aromatic heterocycles. The van der Waals surface area contributed by atoms with E-state index in [4.69, 9.17) is 5.11 Å². The third kappa shape index (κ3) is 1.52. The maximum Gasteiger partial charge on any atom is 0.310 e. The minimum Gasteiger partial charge on any atom is -0.481 e. The Kier molecular flexibility index (Phi) is 2.44. The van der Waals surface area contributed by atoms with Crippen molar-refractivity contribution >= 4 is 11.9 Å². The molecule has 2 fully saturated rings. The molecule has 15 heavy (non-hydrogen) atoms. The van der Waals surface area contributed by atoms with E-state index in [2.05, 4.69) is 0 Å². The van der Waals surface area contributed by atoms with Gasteiger partial charge in [0.25, 0.3) is 0 Å². The second-order valence-electron chi connectivity index (χ2n) is 4.85. The van der Waals surface area contributed by atoms with Gasteiger partial charge in [0.2, 0.25) is 5.91 Å². The number of likely N-dealkylation sites (tertiary alicyclic amines) is 1. The maximum absolute atomic E-state index is 12.0. The second kappa shape index (κ2) is 3.51. The summed E-state index contributed by atoms with van der Waals surface area (Å²) in [4.78, 5) is 24.9. The Morgan fingerprint density at radius 1 is 1.33 bits per heavy atom. The summed E-state index contributed by atoms with van der Waals surface area (Å²) in [7, 11) is 0. The fourth-order valence-electron chi connectivity index (χ4n) is 2.53. The van der Waals surface area contributed by atoms with Crippen molar-refractivity contribution in [2.24, 2.45) is 11.3 Å². The molecule has 4 nitrogen and oxygen atoms in total. The van der Waals surface area contributed by atoms with E-state index in [9.17, 15) is 9.59 Å². The summed E-state index contributed by atoms with van der Waals surface area (Å²) in [6, 6.07) is 0. The van der Waals surface area contributed by atoms with Gasteiger partial charge in [-0.1, -0.05) is 0 Å². The third-order valence-electron chi connectivity index (χ3n) is 3.93. The standard InChI is InChI=1S/C11H17NO3/c1-11(10(14)15)5-4-8(11)9(13)12-6-2-3-7-12/h8H,2-7H2,1H3,(H,14,15). The summed E-state index contributed by atoms with van der Waals surface area (Å²) >= 11 is 0. The van der Waals surface area contributed by atoms with Crippen molar-refractivity contribution in [3.8, 4) is 0 Å². The van der Waals surface area contributed by atoms with Gasteiger partial charge in [-0.15, -0.1) is 0 Å². The zero-order valence-electron chi connectivity index (χ0n) is 9.03. The SMILES string of the molecule is CC1(C(=O)O)CCC1C(=O)N1CCCC1. The number of hydrogen-bond acceptors (Lipinski definition) is 2. The van der Waals surface area contributed by atoms with Crippen LogP contribution in [-0.2, 0) is 9.59 Å². The summed E-state index contributed by atoms with van der Waals surface area (Å²) in [5.74, 6) is -1.05. The monoisotopic (exact) mass is 211 g/mol. The summed E-state index contributed by atoms with van der Waals surface area (Å²) in [5, 5.41) is 9.08. The van der Waals surface area contributed by atoms with Crippen LogP contribution in [0.15, 0.2) is 0 Å². The van der Waals surface area contributed by atoms with Crippen LogP contribution in [-0.4, -0.2) is 35.0 Å². The van der Waals surface area contributed by atoms with Crippen LogP contribution in [0.2, 0.25) is 0 Å². The van der Waals surface area contributed by atoms with Gasteiger partial charge < -0.3 is 10.0 Å². The number of carboxylic acid groups (broad SMARTS) is 1. The molecule has 1 aliphatic carbocycles. The first-order valence-electron chi connectivity index (χ1n) is 5.58. The van der Waals surface area contributed by atoms with Crippen LogP contribution in [0.25, 0.3) is 0 Å². The smallest absolute Gasteiger partial charge is 0.310 e. The summed E-state index contributed by atoms with van der Waals surface area (Å²) in [6.45, 7) is 3.31. The van der Waals surface area contributed by atoms with Crippen molar-refractivity contribution < 1.29 is 14.7 Å². The molecule has 2 atom stereocenters. The largest absolute Gasteiger partial charge is 0.481 e. The molecule has 2 aliphatic rings. The minimum absolute atomic E-state index is 0.0589. The number of amides is 1. The van der Waals surface area contributed by atoms with E-state index in [0.29, 0.717) is 6.42 Å². The van der Waals surface area contributed by atoms with Gasteiger partial charge in [-0.25, -0.2) is 0 Å². The van der Waals surface area contributed by atoms with Crippen LogP contribution in [0.3, 0.4) is 0 Å². The Bertz CT molecular complexity index is 296. The molecule has 1 aliphatic heterocycles. The molecule has 1 heterocycles. The van der Waals surface area contributed by atoms with E-state index in [-0.39, 0.29) is 11.8 Å². The van der Waals surface area contributed by atoms with E-state index in [1.54, 1.807) is 6.92 Å². The fourth-order valence-corrected chi connectivity index (χ4v) is 2.53. The van der Waals surface area contributed by atoms with Crippen LogP contribution in [0, 0.1) is 11.3 Å². The summed E-state index contributed by atoms with van der Waals surface area (Å²) in [5.41, 5.74) is -0.806. The molecule has 84 valence electrons. The number of carbonyl (C=O) groups excluding carboxylic acids is 1. The van der Waals surface area contributed by atoms with Crippen molar-refractivity contribution in [3.05, 3.63) is 0 Å². The van der Waals surface area contributed by atoms with Gasteiger partial charge >= 0.3 is 5.97 Å². The van der Waals surface area contributed by atoms with Gasteiger partial charge in [-0.3, -0.25) is 9.59 Å². The highest BCUT2D eigenvalue weighted by Gasteiger charge is 2.53. The molecule has 1 amide bonds. The molecule has 0 radical (unpaired) electrons. The Balaban J connectivity index is 2.05. The van der Waals surface area contributed by atoms with Crippen molar-refractivity contribution in [3.63, 3.8) is 0 Å². The highest BCUT2D eigenvalue weighted by atomic mass is 16.4. The molecule has 4 heteroatoms. The molecule has 1 N–H and O–H groups in total. The lowest BCUT2D eigenvalue weighted by Gasteiger charge is -2.43.